The van der Waals surface area contributed by atoms with Crippen molar-refractivity contribution in [2.24, 2.45) is 0 Å². The van der Waals surface area contributed by atoms with Crippen LogP contribution in [-0.2, 0) is 0 Å². The van der Waals surface area contributed by atoms with E-state index in [2.05, 4.69) is 11.8 Å². The standard InChI is InChI=1S/C12H15F2NO/c1-3-15-7-12(2,8-15)16-11-5-9(13)4-10(14)6-11/h4-6H,3,7-8H2,1-2H3. The number of likely N-dealkylation sites (tertiary alicyclic amines) is 1. The summed E-state index contributed by atoms with van der Waals surface area (Å²) in [4.78, 5) is 2.20. The zero-order valence-corrected chi connectivity index (χ0v) is 9.46. The molecule has 2 rings (SSSR count). The lowest BCUT2D eigenvalue weighted by Gasteiger charge is -2.47. The molecule has 0 unspecified atom stereocenters. The molecule has 1 saturated heterocycles. The molecule has 2 nitrogen and oxygen atoms in total. The molecule has 0 radical (unpaired) electrons. The summed E-state index contributed by atoms with van der Waals surface area (Å²) < 4.78 is 31.5. The van der Waals surface area contributed by atoms with Crippen LogP contribution in [0.4, 0.5) is 8.78 Å². The van der Waals surface area contributed by atoms with Crippen LogP contribution in [0.3, 0.4) is 0 Å². The largest absolute Gasteiger partial charge is 0.485 e. The first-order valence-corrected chi connectivity index (χ1v) is 5.38. The Labute approximate surface area is 93.8 Å². The molecule has 1 aliphatic heterocycles. The van der Waals surface area contributed by atoms with Crippen molar-refractivity contribution in [3.8, 4) is 5.75 Å². The van der Waals surface area contributed by atoms with Crippen molar-refractivity contribution < 1.29 is 13.5 Å². The summed E-state index contributed by atoms with van der Waals surface area (Å²) in [5.74, 6) is -0.953. The lowest BCUT2D eigenvalue weighted by molar-refractivity contribution is -0.0608. The lowest BCUT2D eigenvalue weighted by Crippen LogP contribution is -2.62. The highest BCUT2D eigenvalue weighted by Gasteiger charge is 2.40. The number of ether oxygens (including phenoxy) is 1. The second-order valence-electron chi connectivity index (χ2n) is 4.46. The number of halogens is 2. The molecule has 88 valence electrons. The van der Waals surface area contributed by atoms with Gasteiger partial charge in [0.15, 0.2) is 0 Å². The van der Waals surface area contributed by atoms with E-state index in [-0.39, 0.29) is 11.4 Å². The number of likely N-dealkylation sites (N-methyl/N-ethyl adjacent to an activating group) is 1. The van der Waals surface area contributed by atoms with Crippen LogP contribution in [0.1, 0.15) is 13.8 Å². The Morgan fingerprint density at radius 2 is 1.81 bits per heavy atom. The molecule has 0 spiro atoms. The van der Waals surface area contributed by atoms with Gasteiger partial charge in [0.2, 0.25) is 0 Å². The van der Waals surface area contributed by atoms with Crippen molar-refractivity contribution in [3.63, 3.8) is 0 Å². The molecule has 1 fully saturated rings. The highest BCUT2D eigenvalue weighted by atomic mass is 19.1. The zero-order valence-electron chi connectivity index (χ0n) is 9.46. The molecule has 1 aromatic rings. The maximum Gasteiger partial charge on any atom is 0.131 e. The molecule has 0 aliphatic carbocycles. The van der Waals surface area contributed by atoms with Gasteiger partial charge >= 0.3 is 0 Å². The summed E-state index contributed by atoms with van der Waals surface area (Å²) in [6, 6.07) is 3.26. The van der Waals surface area contributed by atoms with Crippen LogP contribution >= 0.6 is 0 Å². The molecule has 1 aromatic carbocycles. The Morgan fingerprint density at radius 1 is 1.25 bits per heavy atom. The number of nitrogens with zero attached hydrogens (tertiary/aromatic N) is 1. The van der Waals surface area contributed by atoms with Crippen LogP contribution in [-0.4, -0.2) is 30.1 Å². The van der Waals surface area contributed by atoms with Gasteiger partial charge in [-0.2, -0.15) is 0 Å². The second kappa shape index (κ2) is 4.01. The third-order valence-electron chi connectivity index (χ3n) is 2.76. The van der Waals surface area contributed by atoms with E-state index in [9.17, 15) is 8.78 Å². The summed E-state index contributed by atoms with van der Waals surface area (Å²) in [6.45, 7) is 6.57. The van der Waals surface area contributed by atoms with E-state index in [4.69, 9.17) is 4.74 Å². The molecule has 0 N–H and O–H groups in total. The van der Waals surface area contributed by atoms with Gasteiger partial charge in [0, 0.05) is 31.3 Å². The van der Waals surface area contributed by atoms with Gasteiger partial charge in [0.1, 0.15) is 23.0 Å². The van der Waals surface area contributed by atoms with Crippen molar-refractivity contribution in [2.75, 3.05) is 19.6 Å². The summed E-state index contributed by atoms with van der Waals surface area (Å²) >= 11 is 0. The number of hydrogen-bond acceptors (Lipinski definition) is 2. The van der Waals surface area contributed by atoms with Crippen LogP contribution in [0.2, 0.25) is 0 Å². The second-order valence-corrected chi connectivity index (χ2v) is 4.46. The highest BCUT2D eigenvalue weighted by molar-refractivity contribution is 5.25. The van der Waals surface area contributed by atoms with Crippen LogP contribution in [0, 0.1) is 11.6 Å². The van der Waals surface area contributed by atoms with Gasteiger partial charge in [-0.3, -0.25) is 4.90 Å². The van der Waals surface area contributed by atoms with Crippen LogP contribution in [0.15, 0.2) is 18.2 Å². The molecule has 0 amide bonds. The zero-order chi connectivity index (χ0) is 11.8. The molecular formula is C12H15F2NO. The van der Waals surface area contributed by atoms with Crippen molar-refractivity contribution in [1.82, 2.24) is 4.90 Å². The van der Waals surface area contributed by atoms with E-state index < -0.39 is 11.6 Å². The third-order valence-corrected chi connectivity index (χ3v) is 2.76. The Bertz CT molecular complexity index is 368. The van der Waals surface area contributed by atoms with E-state index in [1.54, 1.807) is 0 Å². The van der Waals surface area contributed by atoms with Gasteiger partial charge in [-0.25, -0.2) is 8.78 Å². The molecule has 4 heteroatoms. The average molecular weight is 227 g/mol. The summed E-state index contributed by atoms with van der Waals surface area (Å²) in [5.41, 5.74) is -0.323. The average Bonchev–Trinajstić information content (AvgIpc) is 2.11. The fourth-order valence-corrected chi connectivity index (χ4v) is 2.06. The molecule has 0 bridgehead atoms. The topological polar surface area (TPSA) is 12.5 Å². The minimum Gasteiger partial charge on any atom is -0.485 e. The minimum absolute atomic E-state index is 0.260. The Hall–Kier alpha value is -1.16. The van der Waals surface area contributed by atoms with Gasteiger partial charge in [0.05, 0.1) is 0 Å². The van der Waals surface area contributed by atoms with Gasteiger partial charge in [-0.05, 0) is 13.5 Å². The minimum atomic E-state index is -0.606. The first kappa shape index (κ1) is 11.3. The first-order chi connectivity index (χ1) is 7.50. The van der Waals surface area contributed by atoms with Crippen LogP contribution in [0.25, 0.3) is 0 Å². The van der Waals surface area contributed by atoms with Crippen LogP contribution < -0.4 is 4.74 Å². The van der Waals surface area contributed by atoms with E-state index >= 15 is 0 Å². The molecule has 1 heterocycles. The fraction of sp³-hybridized carbons (Fsp3) is 0.500. The summed E-state index contributed by atoms with van der Waals surface area (Å²) in [7, 11) is 0. The Kier molecular flexibility index (Phi) is 2.84. The maximum absolute atomic E-state index is 12.9. The van der Waals surface area contributed by atoms with Gasteiger partial charge in [-0.1, -0.05) is 6.92 Å². The van der Waals surface area contributed by atoms with E-state index in [1.165, 1.54) is 12.1 Å². The van der Waals surface area contributed by atoms with Crippen molar-refractivity contribution in [3.05, 3.63) is 29.8 Å². The van der Waals surface area contributed by atoms with E-state index in [0.717, 1.165) is 25.7 Å². The van der Waals surface area contributed by atoms with E-state index in [0.29, 0.717) is 0 Å². The predicted molar refractivity (Wildman–Crippen MR) is 57.5 cm³/mol. The third kappa shape index (κ3) is 2.32. The Morgan fingerprint density at radius 3 is 2.31 bits per heavy atom. The normalized spacial score (nSPS) is 19.2. The Balaban J connectivity index is 2.04. The lowest BCUT2D eigenvalue weighted by atomic mass is 9.96. The molecular weight excluding hydrogens is 212 g/mol. The van der Waals surface area contributed by atoms with Crippen molar-refractivity contribution in [2.45, 2.75) is 19.4 Å². The molecule has 0 saturated carbocycles. The van der Waals surface area contributed by atoms with Crippen molar-refractivity contribution in [1.29, 1.82) is 0 Å². The molecule has 0 aromatic heterocycles. The van der Waals surface area contributed by atoms with Crippen molar-refractivity contribution >= 4 is 0 Å². The first-order valence-electron chi connectivity index (χ1n) is 5.38. The monoisotopic (exact) mass is 227 g/mol. The SMILES string of the molecule is CCN1CC(C)(Oc2cc(F)cc(F)c2)C1. The molecule has 0 atom stereocenters. The number of benzene rings is 1. The summed E-state index contributed by atoms with van der Waals surface area (Å²) in [6.07, 6.45) is 0. The summed E-state index contributed by atoms with van der Waals surface area (Å²) in [5, 5.41) is 0. The van der Waals surface area contributed by atoms with Gasteiger partial charge in [0.25, 0.3) is 0 Å². The van der Waals surface area contributed by atoms with Gasteiger partial charge in [-0.15, -0.1) is 0 Å². The number of rotatable bonds is 3. The quantitative estimate of drug-likeness (QED) is 0.786. The van der Waals surface area contributed by atoms with E-state index in [1.807, 2.05) is 6.92 Å². The highest BCUT2D eigenvalue weighted by Crippen LogP contribution is 2.28. The van der Waals surface area contributed by atoms with Gasteiger partial charge < -0.3 is 4.74 Å². The smallest absolute Gasteiger partial charge is 0.131 e. The van der Waals surface area contributed by atoms with Crippen LogP contribution in [0.5, 0.6) is 5.75 Å². The maximum atomic E-state index is 12.9. The number of hydrogen-bond donors (Lipinski definition) is 0. The predicted octanol–water partition coefficient (Wildman–Crippen LogP) is 2.44. The molecule has 16 heavy (non-hydrogen) atoms. The molecule has 1 aliphatic rings. The fourth-order valence-electron chi connectivity index (χ4n) is 2.06.